The van der Waals surface area contributed by atoms with Crippen molar-refractivity contribution in [3.8, 4) is 17.2 Å². The number of ketones is 2. The number of methoxy groups -OCH3 is 1. The number of carbonyl (C=O) groups excluding carboxylic acids is 2. The Morgan fingerprint density at radius 3 is 1.60 bits per heavy atom. The number of phenolic OH excluding ortho intramolecular Hbond substituents is 2. The third-order valence-corrected chi connectivity index (χ3v) is 8.61. The van der Waals surface area contributed by atoms with Gasteiger partial charge in [-0.1, -0.05) is 78.1 Å². The van der Waals surface area contributed by atoms with Crippen LogP contribution < -0.4 is 21.7 Å². The predicted molar refractivity (Wildman–Crippen MR) is 165 cm³/mol. The molecule has 2 aromatic rings. The second-order valence-corrected chi connectivity index (χ2v) is 12.2. The monoisotopic (exact) mass is 645 g/mol. The number of nitrogens with zero attached hydrogens (tertiary/aromatic N) is 1. The first-order valence-corrected chi connectivity index (χ1v) is 15.9. The van der Waals surface area contributed by atoms with Crippen LogP contribution in [0, 0.1) is 0 Å². The Hall–Kier alpha value is -2.38. The van der Waals surface area contributed by atoms with E-state index in [9.17, 15) is 19.8 Å². The number of rotatable bonds is 19. The van der Waals surface area contributed by atoms with E-state index in [4.69, 9.17) is 4.74 Å². The molecule has 0 unspecified atom stereocenters. The van der Waals surface area contributed by atoms with E-state index in [0.717, 1.165) is 36.0 Å². The molecular weight excluding hydrogens is 594 g/mol. The maximum atomic E-state index is 13.5. The van der Waals surface area contributed by atoms with Gasteiger partial charge < -0.3 is 36.4 Å². The molecule has 0 saturated carbocycles. The average molecular weight is 647 g/mol. The molecule has 6 nitrogen and oxygen atoms in total. The maximum Gasteiger partial charge on any atom is 0.201 e. The normalized spacial score (nSPS) is 12.6. The molecule has 0 heterocycles. The van der Waals surface area contributed by atoms with E-state index in [-0.39, 0.29) is 56.5 Å². The van der Waals surface area contributed by atoms with E-state index in [1.165, 1.54) is 96.3 Å². The van der Waals surface area contributed by atoms with E-state index in [1.807, 2.05) is 0 Å². The molecule has 7 heteroatoms. The summed E-state index contributed by atoms with van der Waals surface area (Å²) in [6, 6.07) is 6.22. The third kappa shape index (κ3) is 9.57. The SMILES string of the molecule is CCCCCCCCC[N+](C)(CCCCCCCCC)Cc1cc(O)c2c(c1)C(=O)c1cc(OC)cc(O)c1C2=O.[Br-]. The van der Waals surface area contributed by atoms with Gasteiger partial charge in [0.1, 0.15) is 23.8 Å². The van der Waals surface area contributed by atoms with Crippen LogP contribution in [0.1, 0.15) is 141 Å². The third-order valence-electron chi connectivity index (χ3n) is 8.61. The largest absolute Gasteiger partial charge is 1.00 e. The summed E-state index contributed by atoms with van der Waals surface area (Å²) in [4.78, 5) is 26.9. The van der Waals surface area contributed by atoms with Gasteiger partial charge in [-0.15, -0.1) is 0 Å². The number of phenols is 2. The Labute approximate surface area is 263 Å². The van der Waals surface area contributed by atoms with Crippen molar-refractivity contribution in [2.75, 3.05) is 27.2 Å². The molecule has 2 N–H and O–H groups in total. The van der Waals surface area contributed by atoms with Gasteiger partial charge in [-0.05, 0) is 43.9 Å². The summed E-state index contributed by atoms with van der Waals surface area (Å²) in [7, 11) is 3.74. The molecule has 3 rings (SSSR count). The molecule has 0 atom stereocenters. The number of hydrogen-bond acceptors (Lipinski definition) is 5. The zero-order valence-corrected chi connectivity index (χ0v) is 27.9. The zero-order valence-electron chi connectivity index (χ0n) is 26.3. The fourth-order valence-corrected chi connectivity index (χ4v) is 6.21. The van der Waals surface area contributed by atoms with Gasteiger partial charge in [0, 0.05) is 22.8 Å². The lowest BCUT2D eigenvalue weighted by Gasteiger charge is -2.35. The van der Waals surface area contributed by atoms with Crippen molar-refractivity contribution in [2.24, 2.45) is 0 Å². The maximum absolute atomic E-state index is 13.5. The summed E-state index contributed by atoms with van der Waals surface area (Å²) in [6.45, 7) is 7.26. The Bertz CT molecular complexity index is 1160. The van der Waals surface area contributed by atoms with Gasteiger partial charge >= 0.3 is 0 Å². The Balaban J connectivity index is 0.00000616. The molecule has 0 fully saturated rings. The minimum Gasteiger partial charge on any atom is -1.00 e. The van der Waals surface area contributed by atoms with Crippen LogP contribution in [0.4, 0.5) is 0 Å². The van der Waals surface area contributed by atoms with Crippen molar-refractivity contribution in [2.45, 2.75) is 110 Å². The zero-order chi connectivity index (χ0) is 29.8. The van der Waals surface area contributed by atoms with E-state index in [0.29, 0.717) is 12.3 Å². The Kier molecular flexibility index (Phi) is 15.1. The molecule has 0 bridgehead atoms. The predicted octanol–water partition coefficient (Wildman–Crippen LogP) is 5.33. The standard InChI is InChI=1S/C35H51NO5.BrH/c1-5-7-9-11-13-15-17-19-36(3,20-18-16-14-12-10-8-6-2)25-26-21-28-32(30(37)22-26)35(40)33-29(34(28)39)23-27(41-4)24-31(33)38;/h21-24H,5-20,25H2,1-4H3,(H-,37,38,40);1H. The van der Waals surface area contributed by atoms with Gasteiger partial charge in [-0.25, -0.2) is 0 Å². The molecule has 0 amide bonds. The molecule has 1 aliphatic rings. The number of fused-ring (bicyclic) bond motifs is 2. The minimum atomic E-state index is -0.540. The molecule has 0 radical (unpaired) electrons. The van der Waals surface area contributed by atoms with Crippen molar-refractivity contribution >= 4 is 11.6 Å². The summed E-state index contributed by atoms with van der Waals surface area (Å²) < 4.78 is 6.06. The average Bonchev–Trinajstić information content (AvgIpc) is 2.94. The highest BCUT2D eigenvalue weighted by Gasteiger charge is 2.36. The van der Waals surface area contributed by atoms with Crippen LogP contribution in [0.2, 0.25) is 0 Å². The lowest BCUT2D eigenvalue weighted by Crippen LogP contribution is -3.00. The summed E-state index contributed by atoms with van der Waals surface area (Å²) in [5.41, 5.74) is 1.05. The van der Waals surface area contributed by atoms with Crippen LogP contribution in [-0.2, 0) is 6.54 Å². The van der Waals surface area contributed by atoms with Gasteiger partial charge in [-0.2, -0.15) is 0 Å². The molecule has 0 aromatic heterocycles. The molecule has 1 aliphatic carbocycles. The van der Waals surface area contributed by atoms with Crippen molar-refractivity contribution in [1.29, 1.82) is 0 Å². The summed E-state index contributed by atoms with van der Waals surface area (Å²) in [5, 5.41) is 21.5. The van der Waals surface area contributed by atoms with Crippen molar-refractivity contribution in [1.82, 2.24) is 0 Å². The van der Waals surface area contributed by atoms with Crippen LogP contribution in [0.15, 0.2) is 24.3 Å². The summed E-state index contributed by atoms with van der Waals surface area (Å²) in [5.74, 6) is -1.13. The molecule has 2 aromatic carbocycles. The Morgan fingerprint density at radius 1 is 0.643 bits per heavy atom. The van der Waals surface area contributed by atoms with E-state index >= 15 is 0 Å². The quantitative estimate of drug-likeness (QED) is 0.136. The van der Waals surface area contributed by atoms with Gasteiger partial charge in [0.15, 0.2) is 5.78 Å². The lowest BCUT2D eigenvalue weighted by molar-refractivity contribution is -0.923. The molecular formula is C35H52BrNO5. The topological polar surface area (TPSA) is 83.8 Å². The van der Waals surface area contributed by atoms with E-state index < -0.39 is 5.78 Å². The highest BCUT2D eigenvalue weighted by molar-refractivity contribution is 6.30. The van der Waals surface area contributed by atoms with E-state index in [1.54, 1.807) is 12.1 Å². The highest BCUT2D eigenvalue weighted by atomic mass is 79.9. The number of unbranched alkanes of at least 4 members (excludes halogenated alkanes) is 12. The van der Waals surface area contributed by atoms with Gasteiger partial charge in [0.25, 0.3) is 0 Å². The first-order valence-electron chi connectivity index (χ1n) is 15.9. The van der Waals surface area contributed by atoms with Crippen LogP contribution >= 0.6 is 0 Å². The van der Waals surface area contributed by atoms with Gasteiger partial charge in [0.2, 0.25) is 5.78 Å². The number of aromatic hydroxyl groups is 2. The van der Waals surface area contributed by atoms with Crippen molar-refractivity contribution < 1.29 is 46.0 Å². The fourth-order valence-electron chi connectivity index (χ4n) is 6.21. The first-order chi connectivity index (χ1) is 19.7. The first kappa shape index (κ1) is 35.8. The van der Waals surface area contributed by atoms with Crippen LogP contribution in [-0.4, -0.2) is 53.5 Å². The van der Waals surface area contributed by atoms with Crippen LogP contribution in [0.5, 0.6) is 17.2 Å². The number of halogens is 1. The second-order valence-electron chi connectivity index (χ2n) is 12.2. The van der Waals surface area contributed by atoms with Crippen molar-refractivity contribution in [3.05, 3.63) is 52.1 Å². The van der Waals surface area contributed by atoms with Crippen molar-refractivity contribution in [3.63, 3.8) is 0 Å². The molecule has 0 spiro atoms. The van der Waals surface area contributed by atoms with Crippen LogP contribution in [0.3, 0.4) is 0 Å². The number of benzene rings is 2. The second kappa shape index (κ2) is 17.7. The molecule has 0 aliphatic heterocycles. The van der Waals surface area contributed by atoms with Gasteiger partial charge in [-0.3, -0.25) is 9.59 Å². The number of hydrogen-bond donors (Lipinski definition) is 2. The summed E-state index contributed by atoms with van der Waals surface area (Å²) >= 11 is 0. The smallest absolute Gasteiger partial charge is 0.201 e. The number of carbonyl (C=O) groups is 2. The fraction of sp³-hybridized carbons (Fsp3) is 0.600. The van der Waals surface area contributed by atoms with E-state index in [2.05, 4.69) is 20.9 Å². The molecule has 0 saturated heterocycles. The van der Waals surface area contributed by atoms with Gasteiger partial charge in [0.05, 0.1) is 38.4 Å². The minimum absolute atomic E-state index is 0. The number of quaternary nitrogens is 1. The van der Waals surface area contributed by atoms with Crippen LogP contribution in [0.25, 0.3) is 0 Å². The Morgan fingerprint density at radius 2 is 1.10 bits per heavy atom. The molecule has 234 valence electrons. The lowest BCUT2D eigenvalue weighted by atomic mass is 9.82. The summed E-state index contributed by atoms with van der Waals surface area (Å²) in [6.07, 6.45) is 17.6. The number of ether oxygens (including phenoxy) is 1. The molecule has 42 heavy (non-hydrogen) atoms. The highest BCUT2D eigenvalue weighted by Crippen LogP contribution is 2.39.